The molecule has 3 aromatic heterocycles. The molecular weight excluding hydrogens is 430 g/mol. The molecule has 5 rings (SSSR count). The van der Waals surface area contributed by atoms with Crippen molar-refractivity contribution in [3.8, 4) is 0 Å². The zero-order valence-corrected chi connectivity index (χ0v) is 18.2. The van der Waals surface area contributed by atoms with E-state index in [0.29, 0.717) is 18.4 Å². The predicted molar refractivity (Wildman–Crippen MR) is 121 cm³/mol. The first kappa shape index (κ1) is 20.9. The summed E-state index contributed by atoms with van der Waals surface area (Å²) in [6, 6.07) is 9.77. The van der Waals surface area contributed by atoms with E-state index in [1.54, 1.807) is 28.4 Å². The molecule has 1 aromatic carbocycles. The van der Waals surface area contributed by atoms with E-state index in [4.69, 9.17) is 0 Å². The molecule has 1 atom stereocenters. The van der Waals surface area contributed by atoms with Crippen LogP contribution >= 0.6 is 11.3 Å². The fraction of sp³-hybridized carbons (Fsp3) is 0.292. The van der Waals surface area contributed by atoms with Gasteiger partial charge < -0.3 is 5.32 Å². The Bertz CT molecular complexity index is 1300. The summed E-state index contributed by atoms with van der Waals surface area (Å²) in [6.07, 6.45) is 6.30. The smallest absolute Gasteiger partial charge is 0.262 e. The number of nitrogens with zero attached hydrogens (tertiary/aromatic N) is 3. The lowest BCUT2D eigenvalue weighted by atomic mass is 9.93. The second kappa shape index (κ2) is 8.88. The van der Waals surface area contributed by atoms with Crippen LogP contribution < -0.4 is 10.9 Å². The van der Waals surface area contributed by atoms with Crippen LogP contribution in [-0.4, -0.2) is 20.6 Å². The van der Waals surface area contributed by atoms with E-state index in [9.17, 15) is 13.6 Å². The molecule has 0 spiro atoms. The first-order chi connectivity index (χ1) is 15.6. The topological polar surface area (TPSA) is 59.8 Å². The van der Waals surface area contributed by atoms with Gasteiger partial charge in [0.05, 0.1) is 11.7 Å². The van der Waals surface area contributed by atoms with E-state index in [0.717, 1.165) is 40.2 Å². The van der Waals surface area contributed by atoms with Crippen molar-refractivity contribution in [3.63, 3.8) is 0 Å². The number of rotatable bonds is 6. The summed E-state index contributed by atoms with van der Waals surface area (Å²) >= 11 is 1.54. The van der Waals surface area contributed by atoms with Gasteiger partial charge >= 0.3 is 0 Å². The van der Waals surface area contributed by atoms with Crippen LogP contribution in [0.5, 0.6) is 0 Å². The van der Waals surface area contributed by atoms with Crippen LogP contribution in [0.3, 0.4) is 0 Å². The van der Waals surface area contributed by atoms with Gasteiger partial charge in [0, 0.05) is 47.9 Å². The summed E-state index contributed by atoms with van der Waals surface area (Å²) in [5.41, 5.74) is 2.06. The third kappa shape index (κ3) is 4.08. The average molecular weight is 453 g/mol. The molecule has 164 valence electrons. The number of aryl methyl sites for hydroxylation is 3. The molecule has 5 nitrogen and oxygen atoms in total. The number of halogens is 2. The first-order valence-corrected chi connectivity index (χ1v) is 11.5. The molecule has 0 unspecified atom stereocenters. The van der Waals surface area contributed by atoms with Gasteiger partial charge in [0.25, 0.3) is 5.56 Å². The number of aromatic nitrogens is 3. The van der Waals surface area contributed by atoms with E-state index >= 15 is 0 Å². The number of benzene rings is 1. The third-order valence-corrected chi connectivity index (χ3v) is 7.16. The zero-order chi connectivity index (χ0) is 22.1. The summed E-state index contributed by atoms with van der Waals surface area (Å²) in [7, 11) is 0. The molecule has 1 aliphatic carbocycles. The van der Waals surface area contributed by atoms with Crippen LogP contribution in [0.1, 0.15) is 28.1 Å². The van der Waals surface area contributed by atoms with Crippen LogP contribution in [-0.2, 0) is 32.4 Å². The van der Waals surface area contributed by atoms with E-state index in [-0.39, 0.29) is 23.7 Å². The minimum Gasteiger partial charge on any atom is -0.309 e. The zero-order valence-electron chi connectivity index (χ0n) is 17.4. The lowest BCUT2D eigenvalue weighted by Gasteiger charge is -2.23. The van der Waals surface area contributed by atoms with Crippen molar-refractivity contribution in [1.82, 2.24) is 19.9 Å². The molecule has 1 N–H and O–H groups in total. The van der Waals surface area contributed by atoms with Gasteiger partial charge in [-0.25, -0.2) is 13.8 Å². The quantitative estimate of drug-likeness (QED) is 0.480. The van der Waals surface area contributed by atoms with Gasteiger partial charge in [-0.3, -0.25) is 14.3 Å². The Morgan fingerprint density at radius 2 is 1.97 bits per heavy atom. The SMILES string of the molecule is O=c1c2c3c(sc2ncn1CCc1ccccn1)C[C@H](NCc1c(F)cccc1F)CC3. The number of nitrogens with one attached hydrogen (secondary N) is 1. The molecule has 0 aliphatic heterocycles. The van der Waals surface area contributed by atoms with Gasteiger partial charge in [0.2, 0.25) is 0 Å². The first-order valence-electron chi connectivity index (χ1n) is 10.7. The fourth-order valence-electron chi connectivity index (χ4n) is 4.26. The Balaban J connectivity index is 1.33. The Hall–Kier alpha value is -2.97. The van der Waals surface area contributed by atoms with E-state index < -0.39 is 11.6 Å². The summed E-state index contributed by atoms with van der Waals surface area (Å²) in [4.78, 5) is 23.9. The maximum atomic E-state index is 13.9. The van der Waals surface area contributed by atoms with Gasteiger partial charge in [0.15, 0.2) is 0 Å². The highest BCUT2D eigenvalue weighted by molar-refractivity contribution is 7.18. The van der Waals surface area contributed by atoms with E-state index in [1.807, 2.05) is 18.2 Å². The van der Waals surface area contributed by atoms with Crippen molar-refractivity contribution in [3.05, 3.63) is 92.6 Å². The predicted octanol–water partition coefficient (Wildman–Crippen LogP) is 4.02. The van der Waals surface area contributed by atoms with Crippen LogP contribution in [0.15, 0.2) is 53.7 Å². The average Bonchev–Trinajstić information content (AvgIpc) is 3.17. The summed E-state index contributed by atoms with van der Waals surface area (Å²) in [6.45, 7) is 0.670. The normalized spacial score (nSPS) is 15.8. The van der Waals surface area contributed by atoms with Gasteiger partial charge in [-0.15, -0.1) is 11.3 Å². The summed E-state index contributed by atoms with van der Waals surface area (Å²) in [5.74, 6) is -1.07. The number of hydrogen-bond donors (Lipinski definition) is 1. The molecule has 3 heterocycles. The highest BCUT2D eigenvalue weighted by atomic mass is 32.1. The molecule has 0 fully saturated rings. The Labute approximate surface area is 187 Å². The molecule has 1 aliphatic rings. The lowest BCUT2D eigenvalue weighted by molar-refractivity contribution is 0.445. The van der Waals surface area contributed by atoms with Crippen LogP contribution in [0.2, 0.25) is 0 Å². The number of pyridine rings is 1. The van der Waals surface area contributed by atoms with Gasteiger partial charge in [-0.2, -0.15) is 0 Å². The number of fused-ring (bicyclic) bond motifs is 3. The summed E-state index contributed by atoms with van der Waals surface area (Å²) in [5, 5.41) is 4.00. The van der Waals surface area contributed by atoms with Gasteiger partial charge in [0.1, 0.15) is 16.5 Å². The van der Waals surface area contributed by atoms with Crippen LogP contribution in [0.4, 0.5) is 8.78 Å². The van der Waals surface area contributed by atoms with E-state index in [1.165, 1.54) is 18.2 Å². The largest absolute Gasteiger partial charge is 0.309 e. The molecule has 0 bridgehead atoms. The van der Waals surface area contributed by atoms with Crippen molar-refractivity contribution in [2.75, 3.05) is 0 Å². The van der Waals surface area contributed by atoms with E-state index in [2.05, 4.69) is 15.3 Å². The molecule has 0 amide bonds. The standard InChI is InChI=1S/C24H22F2N4OS/c25-19-5-3-6-20(26)18(19)13-28-16-7-8-17-21(12-16)32-23-22(17)24(31)30(14-29-23)11-9-15-4-1-2-10-27-15/h1-6,10,14,16,28H,7-9,11-13H2/t16-/m1/s1. The second-order valence-corrected chi connectivity index (χ2v) is 9.10. The Kier molecular flexibility index (Phi) is 5.80. The highest BCUT2D eigenvalue weighted by Crippen LogP contribution is 2.33. The second-order valence-electron chi connectivity index (χ2n) is 8.02. The lowest BCUT2D eigenvalue weighted by Crippen LogP contribution is -2.34. The van der Waals surface area contributed by atoms with Crippen LogP contribution in [0, 0.1) is 11.6 Å². The minimum atomic E-state index is -0.536. The number of hydrogen-bond acceptors (Lipinski definition) is 5. The molecular formula is C24H22F2N4OS. The minimum absolute atomic E-state index is 0.0109. The Morgan fingerprint density at radius 3 is 2.75 bits per heavy atom. The Morgan fingerprint density at radius 1 is 1.12 bits per heavy atom. The molecule has 0 saturated heterocycles. The van der Waals surface area contributed by atoms with Crippen molar-refractivity contribution < 1.29 is 8.78 Å². The van der Waals surface area contributed by atoms with Crippen molar-refractivity contribution in [1.29, 1.82) is 0 Å². The van der Waals surface area contributed by atoms with Crippen molar-refractivity contribution >= 4 is 21.6 Å². The molecule has 0 saturated carbocycles. The summed E-state index contributed by atoms with van der Waals surface area (Å²) < 4.78 is 29.5. The molecule has 32 heavy (non-hydrogen) atoms. The van der Waals surface area contributed by atoms with Gasteiger partial charge in [-0.1, -0.05) is 12.1 Å². The maximum Gasteiger partial charge on any atom is 0.262 e. The molecule has 0 radical (unpaired) electrons. The fourth-order valence-corrected chi connectivity index (χ4v) is 5.52. The molecule has 4 aromatic rings. The monoisotopic (exact) mass is 452 g/mol. The van der Waals surface area contributed by atoms with Gasteiger partial charge in [-0.05, 0) is 49.1 Å². The van der Waals surface area contributed by atoms with Crippen molar-refractivity contribution in [2.24, 2.45) is 0 Å². The third-order valence-electron chi connectivity index (χ3n) is 6.00. The van der Waals surface area contributed by atoms with Crippen molar-refractivity contribution in [2.45, 2.75) is 44.8 Å². The highest BCUT2D eigenvalue weighted by Gasteiger charge is 2.25. The maximum absolute atomic E-state index is 13.9. The molecule has 8 heteroatoms. The van der Waals surface area contributed by atoms with Crippen LogP contribution in [0.25, 0.3) is 10.2 Å². The number of thiophene rings is 1.